The van der Waals surface area contributed by atoms with Crippen LogP contribution in [0.5, 0.6) is 5.75 Å². The fourth-order valence-electron chi connectivity index (χ4n) is 5.37. The van der Waals surface area contributed by atoms with Crippen molar-refractivity contribution in [3.63, 3.8) is 0 Å². The summed E-state index contributed by atoms with van der Waals surface area (Å²) in [5.41, 5.74) is -3.73. The molecule has 5 atom stereocenters. The molecule has 1 saturated carbocycles. The summed E-state index contributed by atoms with van der Waals surface area (Å²) >= 11 is 0. The molecule has 3 aliphatic rings. The molecule has 4 rings (SSSR count). The first kappa shape index (κ1) is 24.0. The molecule has 0 saturated heterocycles. The van der Waals surface area contributed by atoms with E-state index >= 15 is 0 Å². The average molecular weight is 472 g/mol. The number of aliphatic hydroxyl groups is 4. The Morgan fingerprint density at radius 3 is 2.44 bits per heavy atom. The SMILES string of the molecule is CC1c2cccc(O)c2C(O)=C2C(=O)C3(O)C(O)=C(C(=O)NCC(C)(C)C)C(=O)CC3C(O)C21. The van der Waals surface area contributed by atoms with Gasteiger partial charge in [0, 0.05) is 30.4 Å². The second-order valence-electron chi connectivity index (χ2n) is 10.6. The van der Waals surface area contributed by atoms with Crippen LogP contribution < -0.4 is 5.32 Å². The van der Waals surface area contributed by atoms with E-state index in [1.807, 2.05) is 20.8 Å². The van der Waals surface area contributed by atoms with Crippen LogP contribution >= 0.6 is 0 Å². The molecule has 34 heavy (non-hydrogen) atoms. The van der Waals surface area contributed by atoms with Crippen LogP contribution in [-0.4, -0.2) is 61.3 Å². The van der Waals surface area contributed by atoms with E-state index in [4.69, 9.17) is 0 Å². The summed E-state index contributed by atoms with van der Waals surface area (Å²) < 4.78 is 0. The van der Waals surface area contributed by atoms with Gasteiger partial charge in [-0.3, -0.25) is 14.4 Å². The number of aromatic hydroxyl groups is 1. The van der Waals surface area contributed by atoms with E-state index in [9.17, 15) is 39.9 Å². The van der Waals surface area contributed by atoms with E-state index in [0.29, 0.717) is 5.56 Å². The Morgan fingerprint density at radius 1 is 1.18 bits per heavy atom. The molecule has 0 aromatic heterocycles. The van der Waals surface area contributed by atoms with E-state index < -0.39 is 70.4 Å². The van der Waals surface area contributed by atoms with Crippen molar-refractivity contribution in [2.24, 2.45) is 17.3 Å². The van der Waals surface area contributed by atoms with E-state index in [-0.39, 0.29) is 28.8 Å². The molecule has 6 N–H and O–H groups in total. The predicted octanol–water partition coefficient (Wildman–Crippen LogP) is 1.63. The average Bonchev–Trinajstić information content (AvgIpc) is 2.74. The number of carbonyl (C=O) groups excluding carboxylic acids is 3. The summed E-state index contributed by atoms with van der Waals surface area (Å²) in [4.78, 5) is 39.3. The van der Waals surface area contributed by atoms with Crippen LogP contribution in [0.3, 0.4) is 0 Å². The minimum atomic E-state index is -2.79. The topological polar surface area (TPSA) is 164 Å². The molecule has 9 nitrogen and oxygen atoms in total. The number of phenols is 1. The number of carbonyl (C=O) groups is 3. The highest BCUT2D eigenvalue weighted by molar-refractivity contribution is 6.23. The predicted molar refractivity (Wildman–Crippen MR) is 121 cm³/mol. The number of phenolic OH excluding ortho intramolecular Hbond substituents is 1. The second-order valence-corrected chi connectivity index (χ2v) is 10.6. The lowest BCUT2D eigenvalue weighted by atomic mass is 9.55. The Labute approximate surface area is 196 Å². The van der Waals surface area contributed by atoms with Gasteiger partial charge in [-0.2, -0.15) is 0 Å². The van der Waals surface area contributed by atoms with Crippen molar-refractivity contribution in [1.29, 1.82) is 0 Å². The Balaban J connectivity index is 1.87. The highest BCUT2D eigenvalue weighted by atomic mass is 16.4. The summed E-state index contributed by atoms with van der Waals surface area (Å²) in [6.45, 7) is 7.41. The standard InChI is InChI=1S/C25H29NO8/c1-10-11-6-5-7-13(27)16(11)20(30)18-15(10)19(29)12-8-14(28)17(21(31)25(12,34)22(18)32)23(33)26-9-24(2,3)4/h5-7,10,12,15,19,27,29-31,34H,8-9H2,1-4H3,(H,26,33). The van der Waals surface area contributed by atoms with Crippen LogP contribution in [-0.2, 0) is 14.4 Å². The number of fused-ring (bicyclic) bond motifs is 3. The van der Waals surface area contributed by atoms with E-state index in [0.717, 1.165) is 0 Å². The van der Waals surface area contributed by atoms with Gasteiger partial charge in [-0.15, -0.1) is 0 Å². The van der Waals surface area contributed by atoms with Crippen molar-refractivity contribution in [3.05, 3.63) is 46.2 Å². The molecule has 3 aliphatic carbocycles. The fraction of sp³-hybridized carbons (Fsp3) is 0.480. The summed E-state index contributed by atoms with van der Waals surface area (Å²) in [6, 6.07) is 4.54. The van der Waals surface area contributed by atoms with Crippen LogP contribution in [0.4, 0.5) is 0 Å². The largest absolute Gasteiger partial charge is 0.508 e. The number of hydrogen-bond acceptors (Lipinski definition) is 8. The molecule has 0 spiro atoms. The van der Waals surface area contributed by atoms with Crippen molar-refractivity contribution in [1.82, 2.24) is 5.32 Å². The number of rotatable bonds is 2. The van der Waals surface area contributed by atoms with Gasteiger partial charge in [-0.05, 0) is 23.0 Å². The van der Waals surface area contributed by atoms with Gasteiger partial charge in [-0.1, -0.05) is 39.8 Å². The molecule has 0 bridgehead atoms. The van der Waals surface area contributed by atoms with Gasteiger partial charge in [0.25, 0.3) is 5.91 Å². The lowest BCUT2D eigenvalue weighted by Gasteiger charge is -2.50. The quantitative estimate of drug-likeness (QED) is 0.354. The Kier molecular flexibility index (Phi) is 5.41. The summed E-state index contributed by atoms with van der Waals surface area (Å²) in [5, 5.41) is 57.5. The molecule has 182 valence electrons. The molecule has 5 unspecified atom stereocenters. The lowest BCUT2D eigenvalue weighted by molar-refractivity contribution is -0.160. The van der Waals surface area contributed by atoms with Crippen molar-refractivity contribution in [2.75, 3.05) is 6.54 Å². The van der Waals surface area contributed by atoms with Gasteiger partial charge < -0.3 is 30.8 Å². The van der Waals surface area contributed by atoms with Gasteiger partial charge in [0.15, 0.2) is 11.4 Å². The third-order valence-corrected chi connectivity index (χ3v) is 7.13. The van der Waals surface area contributed by atoms with Gasteiger partial charge in [0.05, 0.1) is 11.7 Å². The zero-order valence-electron chi connectivity index (χ0n) is 19.4. The molecule has 0 heterocycles. The molecule has 0 aliphatic heterocycles. The maximum Gasteiger partial charge on any atom is 0.258 e. The van der Waals surface area contributed by atoms with Crippen LogP contribution in [0, 0.1) is 17.3 Å². The molecule has 1 amide bonds. The van der Waals surface area contributed by atoms with Crippen molar-refractivity contribution >= 4 is 23.2 Å². The number of aliphatic hydroxyl groups excluding tert-OH is 3. The van der Waals surface area contributed by atoms with Crippen LogP contribution in [0.2, 0.25) is 0 Å². The molecule has 1 fully saturated rings. The van der Waals surface area contributed by atoms with Crippen LogP contribution in [0.1, 0.15) is 51.2 Å². The van der Waals surface area contributed by atoms with Crippen molar-refractivity contribution in [2.45, 2.75) is 51.7 Å². The first-order chi connectivity index (χ1) is 15.7. The number of benzene rings is 1. The van der Waals surface area contributed by atoms with Crippen molar-refractivity contribution < 1.29 is 39.9 Å². The van der Waals surface area contributed by atoms with E-state index in [2.05, 4.69) is 5.32 Å². The Bertz CT molecular complexity index is 1170. The van der Waals surface area contributed by atoms with Gasteiger partial charge in [0.2, 0.25) is 5.78 Å². The number of ketones is 2. The highest BCUT2D eigenvalue weighted by Crippen LogP contribution is 2.55. The zero-order chi connectivity index (χ0) is 25.3. The van der Waals surface area contributed by atoms with Crippen LogP contribution in [0.15, 0.2) is 35.1 Å². The molecular weight excluding hydrogens is 442 g/mol. The minimum absolute atomic E-state index is 0.00217. The molecule has 1 aromatic carbocycles. The molecule has 1 aromatic rings. The van der Waals surface area contributed by atoms with Crippen molar-refractivity contribution in [3.8, 4) is 5.75 Å². The minimum Gasteiger partial charge on any atom is -0.508 e. The maximum absolute atomic E-state index is 13.6. The number of nitrogens with one attached hydrogen (secondary N) is 1. The summed E-state index contributed by atoms with van der Waals surface area (Å²) in [6.07, 6.45) is -2.05. The van der Waals surface area contributed by atoms with Gasteiger partial charge in [-0.25, -0.2) is 0 Å². The smallest absolute Gasteiger partial charge is 0.258 e. The fourth-order valence-corrected chi connectivity index (χ4v) is 5.37. The zero-order valence-corrected chi connectivity index (χ0v) is 19.4. The number of hydrogen-bond donors (Lipinski definition) is 6. The summed E-state index contributed by atoms with van der Waals surface area (Å²) in [5.74, 6) is -7.88. The summed E-state index contributed by atoms with van der Waals surface area (Å²) in [7, 11) is 0. The van der Waals surface area contributed by atoms with Gasteiger partial charge >= 0.3 is 0 Å². The second kappa shape index (κ2) is 7.68. The number of amides is 1. The molecular formula is C25H29NO8. The van der Waals surface area contributed by atoms with E-state index in [1.54, 1.807) is 19.1 Å². The monoisotopic (exact) mass is 471 g/mol. The molecule has 0 radical (unpaired) electrons. The first-order valence-electron chi connectivity index (χ1n) is 11.2. The van der Waals surface area contributed by atoms with Crippen LogP contribution in [0.25, 0.3) is 5.76 Å². The third-order valence-electron chi connectivity index (χ3n) is 7.13. The molecule has 9 heteroatoms. The first-order valence-corrected chi connectivity index (χ1v) is 11.2. The van der Waals surface area contributed by atoms with E-state index in [1.165, 1.54) is 6.07 Å². The number of Topliss-reactive ketones (excluding diaryl/α,β-unsaturated/α-hetero) is 2. The lowest BCUT2D eigenvalue weighted by Crippen LogP contribution is -2.64. The Morgan fingerprint density at radius 2 is 1.82 bits per heavy atom. The van der Waals surface area contributed by atoms with Gasteiger partial charge in [0.1, 0.15) is 22.8 Å². The highest BCUT2D eigenvalue weighted by Gasteiger charge is 2.65. The third kappa shape index (κ3) is 3.25. The maximum atomic E-state index is 13.6. The Hall–Kier alpha value is -3.17. The normalized spacial score (nSPS) is 31.1.